The number of hydrogen-bond acceptors (Lipinski definition) is 5. The maximum absolute atomic E-state index is 13.5. The third-order valence-electron chi connectivity index (χ3n) is 7.14. The standard InChI is InChI=1S/C27H39N3O3SSi/c1-27(2,32)20-6-8-21(9-7-20)29-26(31)23-14-19(25-16-28-17-34-25)15-24-22(23)10-11-30(24)18-33-12-13-35(3,4)5/h10-11,14-17,20-21,32H,6-9,12-13,18H2,1-5H3,(H,29,31)/t20-,21-. The first-order valence-corrected chi connectivity index (χ1v) is 17.2. The first kappa shape index (κ1) is 26.1. The number of ether oxygens (including phenoxy) is 1. The number of rotatable bonds is 9. The Morgan fingerprint density at radius 1 is 1.26 bits per heavy atom. The molecule has 8 heteroatoms. The topological polar surface area (TPSA) is 76.4 Å². The summed E-state index contributed by atoms with van der Waals surface area (Å²) in [6, 6.07) is 7.41. The predicted octanol–water partition coefficient (Wildman–Crippen LogP) is 6.14. The highest BCUT2D eigenvalue weighted by Gasteiger charge is 2.32. The number of thiazole rings is 1. The third kappa shape index (κ3) is 6.61. The number of aliphatic hydroxyl groups is 1. The van der Waals surface area contributed by atoms with E-state index in [0.29, 0.717) is 12.3 Å². The second kappa shape index (κ2) is 10.5. The molecule has 2 heterocycles. The average molecular weight is 514 g/mol. The van der Waals surface area contributed by atoms with Gasteiger partial charge >= 0.3 is 0 Å². The lowest BCUT2D eigenvalue weighted by Crippen LogP contribution is -2.41. The molecule has 1 amide bonds. The maximum Gasteiger partial charge on any atom is 0.252 e. The summed E-state index contributed by atoms with van der Waals surface area (Å²) in [4.78, 5) is 18.8. The number of nitrogens with zero attached hydrogens (tertiary/aromatic N) is 2. The summed E-state index contributed by atoms with van der Waals surface area (Å²) in [6.45, 7) is 12.1. The largest absolute Gasteiger partial charge is 0.390 e. The van der Waals surface area contributed by atoms with Crippen molar-refractivity contribution >= 4 is 36.2 Å². The van der Waals surface area contributed by atoms with Crippen molar-refractivity contribution in [1.29, 1.82) is 0 Å². The number of benzene rings is 1. The van der Waals surface area contributed by atoms with Gasteiger partial charge in [-0.1, -0.05) is 19.6 Å². The fourth-order valence-corrected chi connectivity index (χ4v) is 6.21. The van der Waals surface area contributed by atoms with Gasteiger partial charge in [-0.3, -0.25) is 9.78 Å². The zero-order valence-corrected chi connectivity index (χ0v) is 23.5. The highest BCUT2D eigenvalue weighted by atomic mass is 32.1. The van der Waals surface area contributed by atoms with Crippen LogP contribution < -0.4 is 5.32 Å². The Morgan fingerprint density at radius 2 is 2.00 bits per heavy atom. The number of fused-ring (bicyclic) bond motifs is 1. The molecule has 0 atom stereocenters. The minimum absolute atomic E-state index is 0.0366. The van der Waals surface area contributed by atoms with Crippen LogP contribution in [0.4, 0.5) is 0 Å². The van der Waals surface area contributed by atoms with Gasteiger partial charge in [-0.25, -0.2) is 0 Å². The van der Waals surface area contributed by atoms with Crippen LogP contribution in [0.25, 0.3) is 21.3 Å². The van der Waals surface area contributed by atoms with Crippen molar-refractivity contribution in [1.82, 2.24) is 14.9 Å². The van der Waals surface area contributed by atoms with Gasteiger partial charge < -0.3 is 19.7 Å². The number of carbonyl (C=O) groups excluding carboxylic acids is 1. The molecule has 1 saturated carbocycles. The van der Waals surface area contributed by atoms with Crippen LogP contribution in [0.2, 0.25) is 25.7 Å². The lowest BCUT2D eigenvalue weighted by molar-refractivity contribution is -0.00257. The molecule has 1 aliphatic rings. The van der Waals surface area contributed by atoms with Crippen molar-refractivity contribution in [3.63, 3.8) is 0 Å². The molecule has 1 aromatic carbocycles. The first-order valence-electron chi connectivity index (χ1n) is 12.6. The van der Waals surface area contributed by atoms with E-state index in [4.69, 9.17) is 4.74 Å². The molecule has 6 nitrogen and oxygen atoms in total. The number of amides is 1. The van der Waals surface area contributed by atoms with Crippen LogP contribution in [-0.4, -0.2) is 46.9 Å². The zero-order chi connectivity index (χ0) is 25.2. The quantitative estimate of drug-likeness (QED) is 0.266. The highest BCUT2D eigenvalue weighted by Crippen LogP contribution is 2.34. The monoisotopic (exact) mass is 513 g/mol. The zero-order valence-electron chi connectivity index (χ0n) is 21.6. The molecular weight excluding hydrogens is 474 g/mol. The van der Waals surface area contributed by atoms with E-state index in [1.807, 2.05) is 43.9 Å². The molecule has 3 aromatic rings. The smallest absolute Gasteiger partial charge is 0.252 e. The van der Waals surface area contributed by atoms with Crippen molar-refractivity contribution in [2.45, 2.75) is 83.6 Å². The summed E-state index contributed by atoms with van der Waals surface area (Å²) in [5.74, 6) is 0.248. The summed E-state index contributed by atoms with van der Waals surface area (Å²) in [5.41, 5.74) is 3.84. The Balaban J connectivity index is 1.55. The van der Waals surface area contributed by atoms with Gasteiger partial charge in [0.05, 0.1) is 21.5 Å². The molecule has 1 fully saturated rings. The maximum atomic E-state index is 13.5. The van der Waals surface area contributed by atoms with Gasteiger partial charge in [0.25, 0.3) is 5.91 Å². The van der Waals surface area contributed by atoms with Crippen LogP contribution in [-0.2, 0) is 11.5 Å². The molecule has 0 radical (unpaired) electrons. The van der Waals surface area contributed by atoms with Gasteiger partial charge in [-0.2, -0.15) is 0 Å². The molecule has 4 rings (SSSR count). The van der Waals surface area contributed by atoms with Crippen LogP contribution in [0.3, 0.4) is 0 Å². The van der Waals surface area contributed by atoms with Gasteiger partial charge in [0, 0.05) is 44.1 Å². The van der Waals surface area contributed by atoms with Gasteiger partial charge in [0.2, 0.25) is 0 Å². The molecule has 1 aliphatic carbocycles. The molecule has 0 bridgehead atoms. The lowest BCUT2D eigenvalue weighted by atomic mass is 9.77. The van der Waals surface area contributed by atoms with Gasteiger partial charge in [0.1, 0.15) is 6.73 Å². The lowest BCUT2D eigenvalue weighted by Gasteiger charge is -2.36. The van der Waals surface area contributed by atoms with Crippen LogP contribution >= 0.6 is 11.3 Å². The summed E-state index contributed by atoms with van der Waals surface area (Å²) < 4.78 is 8.11. The molecule has 35 heavy (non-hydrogen) atoms. The highest BCUT2D eigenvalue weighted by molar-refractivity contribution is 7.13. The number of hydrogen-bond donors (Lipinski definition) is 2. The second-order valence-corrected chi connectivity index (χ2v) is 18.1. The van der Waals surface area contributed by atoms with E-state index in [2.05, 4.69) is 40.6 Å². The Labute approximate surface area is 213 Å². The van der Waals surface area contributed by atoms with Gasteiger partial charge in [-0.05, 0) is 75.3 Å². The minimum Gasteiger partial charge on any atom is -0.390 e. The van der Waals surface area contributed by atoms with Gasteiger partial charge in [0.15, 0.2) is 0 Å². The van der Waals surface area contributed by atoms with E-state index in [0.717, 1.165) is 59.7 Å². The van der Waals surface area contributed by atoms with E-state index in [1.165, 1.54) is 0 Å². The van der Waals surface area contributed by atoms with E-state index < -0.39 is 13.7 Å². The van der Waals surface area contributed by atoms with Crippen LogP contribution in [0.5, 0.6) is 0 Å². The normalized spacial score (nSPS) is 19.3. The molecule has 0 aliphatic heterocycles. The third-order valence-corrected chi connectivity index (χ3v) is 9.66. The van der Waals surface area contributed by atoms with E-state index in [1.54, 1.807) is 11.3 Å². The Morgan fingerprint density at radius 3 is 2.63 bits per heavy atom. The Bertz CT molecular complexity index is 1140. The van der Waals surface area contributed by atoms with Crippen molar-refractivity contribution in [3.05, 3.63) is 41.7 Å². The molecule has 0 saturated heterocycles. The van der Waals surface area contributed by atoms with Crippen molar-refractivity contribution < 1.29 is 14.6 Å². The molecule has 0 spiro atoms. The van der Waals surface area contributed by atoms with Crippen LogP contribution in [0.15, 0.2) is 36.1 Å². The Kier molecular flexibility index (Phi) is 7.85. The van der Waals surface area contributed by atoms with E-state index in [-0.39, 0.29) is 17.9 Å². The van der Waals surface area contributed by atoms with E-state index in [9.17, 15) is 9.90 Å². The first-order chi connectivity index (χ1) is 16.5. The molecular formula is C27H39N3O3SSi. The molecule has 2 aromatic heterocycles. The number of aromatic nitrogens is 2. The number of carbonyl (C=O) groups is 1. The summed E-state index contributed by atoms with van der Waals surface area (Å²) in [5, 5.41) is 14.6. The number of nitrogens with one attached hydrogen (secondary N) is 1. The predicted molar refractivity (Wildman–Crippen MR) is 147 cm³/mol. The van der Waals surface area contributed by atoms with E-state index >= 15 is 0 Å². The van der Waals surface area contributed by atoms with Crippen LogP contribution in [0, 0.1) is 5.92 Å². The summed E-state index contributed by atoms with van der Waals surface area (Å²) >= 11 is 1.57. The van der Waals surface area contributed by atoms with Crippen molar-refractivity contribution in [2.24, 2.45) is 5.92 Å². The van der Waals surface area contributed by atoms with Gasteiger partial charge in [-0.15, -0.1) is 11.3 Å². The summed E-state index contributed by atoms with van der Waals surface area (Å²) in [6.07, 6.45) is 7.50. The summed E-state index contributed by atoms with van der Waals surface area (Å²) in [7, 11) is -1.15. The Hall–Kier alpha value is -2.00. The van der Waals surface area contributed by atoms with Crippen molar-refractivity contribution in [2.75, 3.05) is 6.61 Å². The average Bonchev–Trinajstić information content (AvgIpc) is 3.45. The SMILES string of the molecule is CC(C)(O)[C@H]1CC[C@H](NC(=O)c2cc(-c3cncs3)cc3c2ccn3COCC[Si](C)(C)C)CC1. The molecule has 0 unspecified atom stereocenters. The van der Waals surface area contributed by atoms with Crippen molar-refractivity contribution in [3.8, 4) is 10.4 Å². The molecule has 2 N–H and O–H groups in total. The fourth-order valence-electron chi connectivity index (χ4n) is 4.85. The second-order valence-electron chi connectivity index (χ2n) is 11.6. The fraction of sp³-hybridized carbons (Fsp3) is 0.556. The molecule has 190 valence electrons. The van der Waals surface area contributed by atoms with Crippen LogP contribution in [0.1, 0.15) is 49.9 Å². The minimum atomic E-state index is -1.15.